The highest BCUT2D eigenvalue weighted by Gasteiger charge is 2.03. The average Bonchev–Trinajstić information content (AvgIpc) is 2.30. The molecule has 0 saturated carbocycles. The molecule has 0 unspecified atom stereocenters. The molecule has 0 aliphatic carbocycles. The van der Waals surface area contributed by atoms with Gasteiger partial charge in [0.2, 0.25) is 0 Å². The molecule has 1 aromatic rings. The van der Waals surface area contributed by atoms with Gasteiger partial charge in [0.25, 0.3) is 0 Å². The Balaban J connectivity index is 2.39. The third kappa shape index (κ3) is 4.91. The third-order valence-electron chi connectivity index (χ3n) is 2.59. The van der Waals surface area contributed by atoms with Gasteiger partial charge in [-0.05, 0) is 41.5 Å². The normalized spacial score (nSPS) is 10.8. The maximum Gasteiger partial charge on any atom is 0.149 e. The van der Waals surface area contributed by atoms with Gasteiger partial charge in [0.1, 0.15) is 5.82 Å². The Kier molecular flexibility index (Phi) is 6.29. The van der Waals surface area contributed by atoms with Crippen LogP contribution in [-0.4, -0.2) is 36.1 Å². The third-order valence-corrected chi connectivity index (χ3v) is 3.03. The lowest BCUT2D eigenvalue weighted by atomic mass is 10.3. The highest BCUT2D eigenvalue weighted by atomic mass is 79.9. The molecular formula is C12H21BrN4. The maximum absolute atomic E-state index is 5.86. The molecule has 5 heteroatoms. The number of likely N-dealkylation sites (N-methyl/N-ethyl adjacent to an activating group) is 1. The monoisotopic (exact) mass is 300 g/mol. The maximum atomic E-state index is 5.86. The van der Waals surface area contributed by atoms with E-state index in [0.29, 0.717) is 5.69 Å². The summed E-state index contributed by atoms with van der Waals surface area (Å²) in [5.41, 5.74) is 6.54. The summed E-state index contributed by atoms with van der Waals surface area (Å²) in [6, 6.07) is 1.86. The van der Waals surface area contributed by atoms with Crippen LogP contribution in [0.2, 0.25) is 0 Å². The van der Waals surface area contributed by atoms with Crippen molar-refractivity contribution in [2.75, 3.05) is 37.2 Å². The summed E-state index contributed by atoms with van der Waals surface area (Å²) in [5, 5.41) is 3.26. The Bertz CT molecular complexity index is 343. The minimum atomic E-state index is 0.679. The Labute approximate surface area is 112 Å². The van der Waals surface area contributed by atoms with Gasteiger partial charge in [-0.25, -0.2) is 4.98 Å². The van der Waals surface area contributed by atoms with Crippen molar-refractivity contribution in [2.45, 2.75) is 20.3 Å². The summed E-state index contributed by atoms with van der Waals surface area (Å²) in [6.07, 6.45) is 2.94. The SMILES string of the molecule is CCCN(CC)CCNc1ncc(Br)cc1N. The first-order chi connectivity index (χ1) is 8.17. The minimum absolute atomic E-state index is 0.679. The predicted molar refractivity (Wildman–Crippen MR) is 77.2 cm³/mol. The van der Waals surface area contributed by atoms with Gasteiger partial charge in [-0.3, -0.25) is 0 Å². The van der Waals surface area contributed by atoms with E-state index in [4.69, 9.17) is 5.73 Å². The molecule has 0 aliphatic rings. The van der Waals surface area contributed by atoms with Crippen molar-refractivity contribution in [3.63, 3.8) is 0 Å². The molecule has 0 bridgehead atoms. The van der Waals surface area contributed by atoms with E-state index in [9.17, 15) is 0 Å². The lowest BCUT2D eigenvalue weighted by molar-refractivity contribution is 0.300. The number of anilines is 2. The van der Waals surface area contributed by atoms with Crippen LogP contribution < -0.4 is 11.1 Å². The van der Waals surface area contributed by atoms with Gasteiger partial charge in [-0.2, -0.15) is 0 Å². The number of aromatic nitrogens is 1. The fourth-order valence-electron chi connectivity index (χ4n) is 1.68. The second kappa shape index (κ2) is 7.50. The molecule has 0 aliphatic heterocycles. The second-order valence-corrected chi connectivity index (χ2v) is 4.87. The zero-order valence-electron chi connectivity index (χ0n) is 10.5. The van der Waals surface area contributed by atoms with Crippen LogP contribution in [-0.2, 0) is 0 Å². The van der Waals surface area contributed by atoms with Gasteiger partial charge in [-0.1, -0.05) is 13.8 Å². The van der Waals surface area contributed by atoms with E-state index in [1.54, 1.807) is 6.20 Å². The van der Waals surface area contributed by atoms with E-state index in [1.165, 1.54) is 6.42 Å². The van der Waals surface area contributed by atoms with Crippen LogP contribution in [0.1, 0.15) is 20.3 Å². The largest absolute Gasteiger partial charge is 0.396 e. The topological polar surface area (TPSA) is 54.2 Å². The van der Waals surface area contributed by atoms with Crippen LogP contribution in [0.4, 0.5) is 11.5 Å². The smallest absolute Gasteiger partial charge is 0.149 e. The fourth-order valence-corrected chi connectivity index (χ4v) is 2.03. The summed E-state index contributed by atoms with van der Waals surface area (Å²) >= 11 is 3.34. The van der Waals surface area contributed by atoms with Gasteiger partial charge < -0.3 is 16.0 Å². The van der Waals surface area contributed by atoms with Crippen molar-refractivity contribution < 1.29 is 0 Å². The molecule has 1 aromatic heterocycles. The predicted octanol–water partition coefficient (Wildman–Crippen LogP) is 2.57. The first-order valence-electron chi connectivity index (χ1n) is 6.04. The molecule has 3 N–H and O–H groups in total. The number of nitrogens with two attached hydrogens (primary N) is 1. The van der Waals surface area contributed by atoms with E-state index < -0.39 is 0 Å². The number of rotatable bonds is 7. The Hall–Kier alpha value is -0.810. The summed E-state index contributed by atoms with van der Waals surface area (Å²) < 4.78 is 0.904. The molecule has 17 heavy (non-hydrogen) atoms. The van der Waals surface area contributed by atoms with Crippen molar-refractivity contribution in [3.05, 3.63) is 16.7 Å². The standard InChI is InChI=1S/C12H21BrN4/c1-3-6-17(4-2)7-5-15-12-11(14)8-10(13)9-16-12/h8-9H,3-7,14H2,1-2H3,(H,15,16). The molecule has 4 nitrogen and oxygen atoms in total. The van der Waals surface area contributed by atoms with Crippen molar-refractivity contribution in [1.29, 1.82) is 0 Å². The lowest BCUT2D eigenvalue weighted by Crippen LogP contribution is -2.29. The molecule has 1 rings (SSSR count). The second-order valence-electron chi connectivity index (χ2n) is 3.95. The van der Waals surface area contributed by atoms with Crippen molar-refractivity contribution >= 4 is 27.4 Å². The van der Waals surface area contributed by atoms with Gasteiger partial charge in [-0.15, -0.1) is 0 Å². The highest BCUT2D eigenvalue weighted by Crippen LogP contribution is 2.19. The van der Waals surface area contributed by atoms with E-state index >= 15 is 0 Å². The average molecular weight is 301 g/mol. The highest BCUT2D eigenvalue weighted by molar-refractivity contribution is 9.10. The van der Waals surface area contributed by atoms with Crippen molar-refractivity contribution in [2.24, 2.45) is 0 Å². The van der Waals surface area contributed by atoms with E-state index in [1.807, 2.05) is 6.07 Å². The van der Waals surface area contributed by atoms with Gasteiger partial charge in [0.05, 0.1) is 5.69 Å². The summed E-state index contributed by atoms with van der Waals surface area (Å²) in [7, 11) is 0. The Morgan fingerprint density at radius 2 is 2.18 bits per heavy atom. The number of hydrogen-bond donors (Lipinski definition) is 2. The zero-order chi connectivity index (χ0) is 12.7. The first kappa shape index (κ1) is 14.3. The molecule has 0 radical (unpaired) electrons. The number of nitrogens with zero attached hydrogens (tertiary/aromatic N) is 2. The first-order valence-corrected chi connectivity index (χ1v) is 6.83. The molecular weight excluding hydrogens is 280 g/mol. The molecule has 0 spiro atoms. The summed E-state index contributed by atoms with van der Waals surface area (Å²) in [4.78, 5) is 6.65. The number of halogens is 1. The molecule has 0 amide bonds. The van der Waals surface area contributed by atoms with Gasteiger partial charge in [0, 0.05) is 23.8 Å². The number of pyridine rings is 1. The minimum Gasteiger partial charge on any atom is -0.396 e. The molecule has 96 valence electrons. The van der Waals surface area contributed by atoms with Crippen LogP contribution in [0.15, 0.2) is 16.7 Å². The Morgan fingerprint density at radius 1 is 1.41 bits per heavy atom. The number of hydrogen-bond acceptors (Lipinski definition) is 4. The lowest BCUT2D eigenvalue weighted by Gasteiger charge is -2.19. The van der Waals surface area contributed by atoms with E-state index in [2.05, 4.69) is 45.0 Å². The molecule has 0 atom stereocenters. The van der Waals surface area contributed by atoms with Crippen LogP contribution in [0, 0.1) is 0 Å². The molecule has 1 heterocycles. The van der Waals surface area contributed by atoms with Gasteiger partial charge >= 0.3 is 0 Å². The molecule has 0 aromatic carbocycles. The van der Waals surface area contributed by atoms with Gasteiger partial charge in [0.15, 0.2) is 0 Å². The molecule has 0 fully saturated rings. The summed E-state index contributed by atoms with van der Waals surface area (Å²) in [6.45, 7) is 8.49. The van der Waals surface area contributed by atoms with Crippen molar-refractivity contribution in [3.8, 4) is 0 Å². The van der Waals surface area contributed by atoms with Crippen LogP contribution in [0.25, 0.3) is 0 Å². The quantitative estimate of drug-likeness (QED) is 0.813. The molecule has 0 saturated heterocycles. The fraction of sp³-hybridized carbons (Fsp3) is 0.583. The van der Waals surface area contributed by atoms with Crippen LogP contribution >= 0.6 is 15.9 Å². The van der Waals surface area contributed by atoms with Crippen LogP contribution in [0.5, 0.6) is 0 Å². The Morgan fingerprint density at radius 3 is 2.76 bits per heavy atom. The zero-order valence-corrected chi connectivity index (χ0v) is 12.1. The number of nitrogens with one attached hydrogen (secondary N) is 1. The van der Waals surface area contributed by atoms with E-state index in [-0.39, 0.29) is 0 Å². The number of nitrogen functional groups attached to an aromatic ring is 1. The van der Waals surface area contributed by atoms with E-state index in [0.717, 1.165) is 36.5 Å². The van der Waals surface area contributed by atoms with Crippen molar-refractivity contribution in [1.82, 2.24) is 9.88 Å². The van der Waals surface area contributed by atoms with Crippen LogP contribution in [0.3, 0.4) is 0 Å². The summed E-state index contributed by atoms with van der Waals surface area (Å²) in [5.74, 6) is 0.765.